The maximum absolute atomic E-state index is 12.0. The fraction of sp³-hybridized carbons (Fsp3) is 0.250. The highest BCUT2D eigenvalue weighted by Gasteiger charge is 2.16. The number of carbonyl (C=O) groups excluding carboxylic acids is 1. The molecule has 0 saturated carbocycles. The third-order valence-electron chi connectivity index (χ3n) is 2.74. The van der Waals surface area contributed by atoms with Crippen molar-refractivity contribution in [3.05, 3.63) is 41.2 Å². The SMILES string of the molecule is Cc1nc(C(=O)NC(C)c2ncn[nH]2)ccc1C(=O)O. The Morgan fingerprint density at radius 3 is 2.70 bits per heavy atom. The number of aromatic nitrogens is 4. The number of pyridine rings is 1. The van der Waals surface area contributed by atoms with E-state index in [1.807, 2.05) is 0 Å². The number of aromatic amines is 1. The lowest BCUT2D eigenvalue weighted by molar-refractivity contribution is 0.0694. The van der Waals surface area contributed by atoms with E-state index in [2.05, 4.69) is 25.5 Å². The molecular weight excluding hydrogens is 262 g/mol. The van der Waals surface area contributed by atoms with Gasteiger partial charge in [0.2, 0.25) is 0 Å². The zero-order valence-corrected chi connectivity index (χ0v) is 10.9. The van der Waals surface area contributed by atoms with E-state index in [9.17, 15) is 9.59 Å². The molecule has 2 aromatic rings. The Morgan fingerprint density at radius 1 is 1.40 bits per heavy atom. The molecule has 0 aliphatic rings. The smallest absolute Gasteiger partial charge is 0.337 e. The van der Waals surface area contributed by atoms with Crippen LogP contribution < -0.4 is 5.32 Å². The van der Waals surface area contributed by atoms with E-state index >= 15 is 0 Å². The average molecular weight is 275 g/mol. The molecule has 1 unspecified atom stereocenters. The van der Waals surface area contributed by atoms with E-state index in [-0.39, 0.29) is 23.0 Å². The van der Waals surface area contributed by atoms with E-state index < -0.39 is 11.9 Å². The number of rotatable bonds is 4. The molecule has 0 fully saturated rings. The Bertz CT molecular complexity index is 639. The number of carbonyl (C=O) groups is 2. The molecule has 1 amide bonds. The molecule has 8 nitrogen and oxygen atoms in total. The van der Waals surface area contributed by atoms with Crippen LogP contribution in [0.5, 0.6) is 0 Å². The molecule has 2 heterocycles. The summed E-state index contributed by atoms with van der Waals surface area (Å²) in [6.07, 6.45) is 1.35. The van der Waals surface area contributed by atoms with Gasteiger partial charge in [-0.1, -0.05) is 0 Å². The highest BCUT2D eigenvalue weighted by atomic mass is 16.4. The maximum Gasteiger partial charge on any atom is 0.337 e. The number of hydrogen-bond donors (Lipinski definition) is 3. The molecule has 0 saturated heterocycles. The summed E-state index contributed by atoms with van der Waals surface area (Å²) in [6, 6.07) is 2.38. The molecule has 0 aliphatic heterocycles. The second kappa shape index (κ2) is 5.47. The predicted molar refractivity (Wildman–Crippen MR) is 68.2 cm³/mol. The number of nitrogens with one attached hydrogen (secondary N) is 2. The van der Waals surface area contributed by atoms with Gasteiger partial charge in [-0.25, -0.2) is 14.8 Å². The standard InChI is InChI=1S/C12H13N5O3/c1-6-8(12(19)20)3-4-9(15-6)11(18)16-7(2)10-13-5-14-17-10/h3-5,7H,1-2H3,(H,16,18)(H,19,20)(H,13,14,17). The second-order valence-electron chi connectivity index (χ2n) is 4.20. The molecule has 2 rings (SSSR count). The minimum Gasteiger partial charge on any atom is -0.478 e. The quantitative estimate of drug-likeness (QED) is 0.755. The number of amides is 1. The Hall–Kier alpha value is -2.77. The zero-order valence-electron chi connectivity index (χ0n) is 10.9. The molecular formula is C12H13N5O3. The van der Waals surface area contributed by atoms with Crippen LogP contribution in [0.1, 0.15) is 45.3 Å². The summed E-state index contributed by atoms with van der Waals surface area (Å²) < 4.78 is 0. The summed E-state index contributed by atoms with van der Waals surface area (Å²) in [6.45, 7) is 3.29. The van der Waals surface area contributed by atoms with Crippen molar-refractivity contribution < 1.29 is 14.7 Å². The largest absolute Gasteiger partial charge is 0.478 e. The molecule has 0 spiro atoms. The molecule has 104 valence electrons. The summed E-state index contributed by atoms with van der Waals surface area (Å²) in [4.78, 5) is 30.8. The van der Waals surface area contributed by atoms with Gasteiger partial charge in [-0.2, -0.15) is 5.10 Å². The van der Waals surface area contributed by atoms with Crippen LogP contribution in [-0.4, -0.2) is 37.1 Å². The van der Waals surface area contributed by atoms with Crippen molar-refractivity contribution in [2.24, 2.45) is 0 Å². The zero-order chi connectivity index (χ0) is 14.7. The number of nitrogens with zero attached hydrogens (tertiary/aromatic N) is 3. The first-order chi connectivity index (χ1) is 9.49. The third kappa shape index (κ3) is 2.79. The number of H-pyrrole nitrogens is 1. The van der Waals surface area contributed by atoms with Crippen molar-refractivity contribution in [2.45, 2.75) is 19.9 Å². The minimum atomic E-state index is -1.07. The van der Waals surface area contributed by atoms with Gasteiger partial charge in [-0.05, 0) is 26.0 Å². The predicted octanol–water partition coefficient (Wildman–Crippen LogP) is 0.697. The number of aromatic carboxylic acids is 1. The van der Waals surface area contributed by atoms with Crippen molar-refractivity contribution >= 4 is 11.9 Å². The molecule has 0 radical (unpaired) electrons. The number of hydrogen-bond acceptors (Lipinski definition) is 5. The second-order valence-corrected chi connectivity index (χ2v) is 4.20. The van der Waals surface area contributed by atoms with Gasteiger partial charge in [0.15, 0.2) is 0 Å². The lowest BCUT2D eigenvalue weighted by atomic mass is 10.2. The highest BCUT2D eigenvalue weighted by molar-refractivity contribution is 5.94. The minimum absolute atomic E-state index is 0.0739. The first-order valence-electron chi connectivity index (χ1n) is 5.86. The van der Waals surface area contributed by atoms with Crippen LogP contribution in [0.2, 0.25) is 0 Å². The van der Waals surface area contributed by atoms with E-state index in [4.69, 9.17) is 5.11 Å². The Labute approximate surface area is 114 Å². The summed E-state index contributed by atoms with van der Waals surface area (Å²) in [7, 11) is 0. The maximum atomic E-state index is 12.0. The average Bonchev–Trinajstić information content (AvgIpc) is 2.91. The monoisotopic (exact) mass is 275 g/mol. The summed E-state index contributed by atoms with van der Waals surface area (Å²) in [5.74, 6) is -0.955. The molecule has 0 aliphatic carbocycles. The van der Waals surface area contributed by atoms with Crippen molar-refractivity contribution in [3.63, 3.8) is 0 Å². The topological polar surface area (TPSA) is 121 Å². The van der Waals surface area contributed by atoms with Crippen molar-refractivity contribution in [1.29, 1.82) is 0 Å². The van der Waals surface area contributed by atoms with E-state index in [0.29, 0.717) is 5.82 Å². The normalized spacial score (nSPS) is 11.9. The van der Waals surface area contributed by atoms with E-state index in [1.54, 1.807) is 13.8 Å². The van der Waals surface area contributed by atoms with Crippen molar-refractivity contribution in [2.75, 3.05) is 0 Å². The van der Waals surface area contributed by atoms with Crippen LogP contribution in [0.4, 0.5) is 0 Å². The summed E-state index contributed by atoms with van der Waals surface area (Å²) in [5.41, 5.74) is 0.515. The first-order valence-corrected chi connectivity index (χ1v) is 5.86. The lowest BCUT2D eigenvalue weighted by Crippen LogP contribution is -2.28. The van der Waals surface area contributed by atoms with Crippen LogP contribution in [0.25, 0.3) is 0 Å². The Morgan fingerprint density at radius 2 is 2.15 bits per heavy atom. The van der Waals surface area contributed by atoms with Crippen LogP contribution in [-0.2, 0) is 0 Å². The molecule has 20 heavy (non-hydrogen) atoms. The molecule has 0 aromatic carbocycles. The van der Waals surface area contributed by atoms with E-state index in [1.165, 1.54) is 18.5 Å². The van der Waals surface area contributed by atoms with E-state index in [0.717, 1.165) is 0 Å². The molecule has 0 bridgehead atoms. The van der Waals surface area contributed by atoms with Crippen LogP contribution in [0.15, 0.2) is 18.5 Å². The van der Waals surface area contributed by atoms with Gasteiger partial charge in [0.05, 0.1) is 17.3 Å². The molecule has 1 atom stereocenters. The van der Waals surface area contributed by atoms with Crippen molar-refractivity contribution in [3.8, 4) is 0 Å². The Balaban J connectivity index is 2.14. The molecule has 8 heteroatoms. The molecule has 3 N–H and O–H groups in total. The third-order valence-corrected chi connectivity index (χ3v) is 2.74. The van der Waals surface area contributed by atoms with Gasteiger partial charge >= 0.3 is 5.97 Å². The fourth-order valence-corrected chi connectivity index (χ4v) is 1.68. The first kappa shape index (κ1) is 13.7. The van der Waals surface area contributed by atoms with Gasteiger partial charge in [0.1, 0.15) is 17.8 Å². The number of carboxylic acid groups (broad SMARTS) is 1. The Kier molecular flexibility index (Phi) is 3.74. The van der Waals surface area contributed by atoms with Crippen LogP contribution in [0, 0.1) is 6.92 Å². The van der Waals surface area contributed by atoms with Gasteiger partial charge < -0.3 is 10.4 Å². The van der Waals surface area contributed by atoms with Crippen molar-refractivity contribution in [1.82, 2.24) is 25.5 Å². The number of aryl methyl sites for hydroxylation is 1. The van der Waals surface area contributed by atoms with Gasteiger partial charge in [-0.3, -0.25) is 9.89 Å². The van der Waals surface area contributed by atoms with Crippen LogP contribution >= 0.6 is 0 Å². The van der Waals surface area contributed by atoms with Gasteiger partial charge in [-0.15, -0.1) is 0 Å². The fourth-order valence-electron chi connectivity index (χ4n) is 1.68. The summed E-state index contributed by atoms with van der Waals surface area (Å²) in [5, 5.41) is 18.0. The van der Waals surface area contributed by atoms with Crippen LogP contribution in [0.3, 0.4) is 0 Å². The van der Waals surface area contributed by atoms with Gasteiger partial charge in [0.25, 0.3) is 5.91 Å². The lowest BCUT2D eigenvalue weighted by Gasteiger charge is -2.11. The van der Waals surface area contributed by atoms with Gasteiger partial charge in [0, 0.05) is 0 Å². The highest BCUT2D eigenvalue weighted by Crippen LogP contribution is 2.09. The number of carboxylic acids is 1. The molecule has 2 aromatic heterocycles. The summed E-state index contributed by atoms with van der Waals surface area (Å²) >= 11 is 0.